The van der Waals surface area contributed by atoms with Crippen LogP contribution in [0.1, 0.15) is 24.5 Å². The van der Waals surface area contributed by atoms with Crippen LogP contribution in [0, 0.1) is 6.92 Å². The summed E-state index contributed by atoms with van der Waals surface area (Å²) in [5, 5.41) is 0. The molecule has 2 aromatic rings. The predicted octanol–water partition coefficient (Wildman–Crippen LogP) is 3.73. The van der Waals surface area contributed by atoms with E-state index < -0.39 is 10.1 Å². The number of benzene rings is 2. The molecular weight excluding hydrogens is 312 g/mol. The SMILES string of the molecule is COc1ccc(CCC(C)OS(=O)(=O)c2ccc(C)cc2)cc1. The second-order valence-corrected chi connectivity index (χ2v) is 7.13. The third-order valence-corrected chi connectivity index (χ3v) is 5.03. The Morgan fingerprint density at radius 1 is 1.00 bits per heavy atom. The molecule has 124 valence electrons. The van der Waals surface area contributed by atoms with E-state index in [0.717, 1.165) is 23.3 Å². The maximum Gasteiger partial charge on any atom is 0.297 e. The molecule has 1 atom stereocenters. The highest BCUT2D eigenvalue weighted by Crippen LogP contribution is 2.18. The topological polar surface area (TPSA) is 52.6 Å². The Bertz CT molecular complexity index is 719. The summed E-state index contributed by atoms with van der Waals surface area (Å²) in [4.78, 5) is 0.194. The Balaban J connectivity index is 1.92. The molecule has 0 radical (unpaired) electrons. The second kappa shape index (κ2) is 7.62. The predicted molar refractivity (Wildman–Crippen MR) is 90.2 cm³/mol. The highest BCUT2D eigenvalue weighted by molar-refractivity contribution is 7.86. The highest BCUT2D eigenvalue weighted by atomic mass is 32.2. The molecule has 0 fully saturated rings. The third-order valence-electron chi connectivity index (χ3n) is 3.60. The van der Waals surface area contributed by atoms with Gasteiger partial charge >= 0.3 is 0 Å². The van der Waals surface area contributed by atoms with Gasteiger partial charge in [0.2, 0.25) is 0 Å². The van der Waals surface area contributed by atoms with Gasteiger partial charge in [0.1, 0.15) is 5.75 Å². The number of rotatable bonds is 7. The monoisotopic (exact) mass is 334 g/mol. The minimum Gasteiger partial charge on any atom is -0.497 e. The lowest BCUT2D eigenvalue weighted by molar-refractivity contribution is 0.218. The average Bonchev–Trinajstić information content (AvgIpc) is 2.53. The molecule has 0 aliphatic rings. The van der Waals surface area contributed by atoms with Crippen molar-refractivity contribution in [2.75, 3.05) is 7.11 Å². The normalized spacial score (nSPS) is 12.8. The van der Waals surface area contributed by atoms with E-state index in [0.29, 0.717) is 6.42 Å². The molecule has 23 heavy (non-hydrogen) atoms. The van der Waals surface area contributed by atoms with Crippen LogP contribution in [0.3, 0.4) is 0 Å². The van der Waals surface area contributed by atoms with Gasteiger partial charge in [-0.05, 0) is 56.5 Å². The van der Waals surface area contributed by atoms with E-state index in [2.05, 4.69) is 0 Å². The molecule has 5 heteroatoms. The fourth-order valence-electron chi connectivity index (χ4n) is 2.19. The van der Waals surface area contributed by atoms with Crippen molar-refractivity contribution in [3.63, 3.8) is 0 Å². The van der Waals surface area contributed by atoms with E-state index in [1.54, 1.807) is 38.3 Å². The van der Waals surface area contributed by atoms with E-state index in [9.17, 15) is 8.42 Å². The summed E-state index contributed by atoms with van der Waals surface area (Å²) in [5.41, 5.74) is 2.13. The second-order valence-electron chi connectivity index (χ2n) is 5.56. The minimum atomic E-state index is -3.71. The van der Waals surface area contributed by atoms with E-state index in [1.807, 2.05) is 31.2 Å². The Hall–Kier alpha value is -1.85. The van der Waals surface area contributed by atoms with Crippen LogP contribution in [0.5, 0.6) is 5.75 Å². The number of aryl methyl sites for hydroxylation is 2. The van der Waals surface area contributed by atoms with Crippen LogP contribution in [0.4, 0.5) is 0 Å². The zero-order valence-corrected chi connectivity index (χ0v) is 14.5. The first-order chi connectivity index (χ1) is 10.9. The molecular formula is C18H22O4S. The van der Waals surface area contributed by atoms with E-state index in [1.165, 1.54) is 0 Å². The molecule has 0 N–H and O–H groups in total. The third kappa shape index (κ3) is 5.08. The van der Waals surface area contributed by atoms with Crippen LogP contribution in [0.25, 0.3) is 0 Å². The standard InChI is InChI=1S/C18H22O4S/c1-14-4-12-18(13-5-14)23(19,20)22-15(2)6-7-16-8-10-17(21-3)11-9-16/h4-5,8-13,15H,6-7H2,1-3H3. The summed E-state index contributed by atoms with van der Waals surface area (Å²) in [6, 6.07) is 14.4. The van der Waals surface area contributed by atoms with Crippen molar-refractivity contribution in [2.45, 2.75) is 37.7 Å². The zero-order valence-electron chi connectivity index (χ0n) is 13.7. The fourth-order valence-corrected chi connectivity index (χ4v) is 3.30. The van der Waals surface area contributed by atoms with Gasteiger partial charge in [-0.1, -0.05) is 29.8 Å². The highest BCUT2D eigenvalue weighted by Gasteiger charge is 2.18. The van der Waals surface area contributed by atoms with Gasteiger partial charge in [-0.2, -0.15) is 8.42 Å². The van der Waals surface area contributed by atoms with Gasteiger partial charge < -0.3 is 4.74 Å². The van der Waals surface area contributed by atoms with Crippen LogP contribution < -0.4 is 4.74 Å². The molecule has 0 saturated carbocycles. The molecule has 2 aromatic carbocycles. The van der Waals surface area contributed by atoms with Crippen LogP contribution in [-0.2, 0) is 20.7 Å². The van der Waals surface area contributed by atoms with E-state index in [4.69, 9.17) is 8.92 Å². The summed E-state index contributed by atoms with van der Waals surface area (Å²) < 4.78 is 34.8. The first-order valence-corrected chi connectivity index (χ1v) is 8.94. The molecule has 4 nitrogen and oxygen atoms in total. The van der Waals surface area contributed by atoms with Gasteiger partial charge in [-0.25, -0.2) is 0 Å². The van der Waals surface area contributed by atoms with E-state index >= 15 is 0 Å². The molecule has 0 heterocycles. The number of hydrogen-bond donors (Lipinski definition) is 0. The first-order valence-electron chi connectivity index (χ1n) is 7.53. The van der Waals surface area contributed by atoms with Crippen molar-refractivity contribution in [1.82, 2.24) is 0 Å². The Labute approximate surface area is 138 Å². The van der Waals surface area contributed by atoms with Crippen molar-refractivity contribution in [2.24, 2.45) is 0 Å². The molecule has 0 aromatic heterocycles. The summed E-state index contributed by atoms with van der Waals surface area (Å²) in [6.45, 7) is 3.68. The molecule has 0 aliphatic carbocycles. The van der Waals surface area contributed by atoms with Crippen LogP contribution in [0.15, 0.2) is 53.4 Å². The van der Waals surface area contributed by atoms with E-state index in [-0.39, 0.29) is 11.0 Å². The Morgan fingerprint density at radius 3 is 2.17 bits per heavy atom. The smallest absolute Gasteiger partial charge is 0.297 e. The Kier molecular flexibility index (Phi) is 5.80. The van der Waals surface area contributed by atoms with Crippen LogP contribution in [-0.4, -0.2) is 21.6 Å². The number of ether oxygens (including phenoxy) is 1. The summed E-state index contributed by atoms with van der Waals surface area (Å²) in [5.74, 6) is 0.806. The van der Waals surface area contributed by atoms with Gasteiger partial charge in [0.15, 0.2) is 0 Å². The van der Waals surface area contributed by atoms with Gasteiger partial charge in [0.25, 0.3) is 10.1 Å². The number of methoxy groups -OCH3 is 1. The maximum atomic E-state index is 12.2. The van der Waals surface area contributed by atoms with Gasteiger partial charge in [0.05, 0.1) is 18.1 Å². The molecule has 0 bridgehead atoms. The van der Waals surface area contributed by atoms with Gasteiger partial charge in [0, 0.05) is 0 Å². The molecule has 2 rings (SSSR count). The molecule has 0 aliphatic heterocycles. The number of hydrogen-bond acceptors (Lipinski definition) is 4. The lowest BCUT2D eigenvalue weighted by atomic mass is 10.1. The van der Waals surface area contributed by atoms with Crippen LogP contribution >= 0.6 is 0 Å². The summed E-state index contributed by atoms with van der Waals surface area (Å²) >= 11 is 0. The van der Waals surface area contributed by atoms with Gasteiger partial charge in [-0.15, -0.1) is 0 Å². The largest absolute Gasteiger partial charge is 0.497 e. The summed E-state index contributed by atoms with van der Waals surface area (Å²) in [7, 11) is -2.09. The molecule has 0 amide bonds. The van der Waals surface area contributed by atoms with Crippen molar-refractivity contribution in [1.29, 1.82) is 0 Å². The molecule has 1 unspecified atom stereocenters. The average molecular weight is 334 g/mol. The van der Waals surface area contributed by atoms with Crippen molar-refractivity contribution < 1.29 is 17.3 Å². The lowest BCUT2D eigenvalue weighted by Crippen LogP contribution is -2.16. The minimum absolute atomic E-state index is 0.194. The quantitative estimate of drug-likeness (QED) is 0.724. The summed E-state index contributed by atoms with van der Waals surface area (Å²) in [6.07, 6.45) is 0.981. The maximum absolute atomic E-state index is 12.2. The van der Waals surface area contributed by atoms with Crippen molar-refractivity contribution in [3.8, 4) is 5.75 Å². The molecule has 0 spiro atoms. The van der Waals surface area contributed by atoms with Gasteiger partial charge in [-0.3, -0.25) is 4.18 Å². The first kappa shape index (κ1) is 17.5. The van der Waals surface area contributed by atoms with Crippen molar-refractivity contribution in [3.05, 3.63) is 59.7 Å². The van der Waals surface area contributed by atoms with Crippen molar-refractivity contribution >= 4 is 10.1 Å². The zero-order chi connectivity index (χ0) is 16.9. The molecule has 0 saturated heterocycles. The Morgan fingerprint density at radius 2 is 1.61 bits per heavy atom. The lowest BCUT2D eigenvalue weighted by Gasteiger charge is -2.13. The fraction of sp³-hybridized carbons (Fsp3) is 0.333. The van der Waals surface area contributed by atoms with Crippen LogP contribution in [0.2, 0.25) is 0 Å².